The summed E-state index contributed by atoms with van der Waals surface area (Å²) in [5.41, 5.74) is 1.16. The molecule has 18 heavy (non-hydrogen) atoms. The summed E-state index contributed by atoms with van der Waals surface area (Å²) in [7, 11) is 1.55. The monoisotopic (exact) mass is 273 g/mol. The Balaban J connectivity index is 0.00000120. The van der Waals surface area contributed by atoms with Crippen molar-refractivity contribution < 1.29 is 14.1 Å². The Bertz CT molecular complexity index is 435. The highest BCUT2D eigenvalue weighted by atomic mass is 35.5. The van der Waals surface area contributed by atoms with Gasteiger partial charge in [0.15, 0.2) is 12.4 Å². The minimum absolute atomic E-state index is 0. The fourth-order valence-electron chi connectivity index (χ4n) is 2.35. The molecule has 7 heteroatoms. The molecule has 0 spiro atoms. The van der Waals surface area contributed by atoms with Crippen LogP contribution in [0, 0.1) is 5.92 Å². The number of piperidine rings is 1. The molecule has 0 saturated carbocycles. The average molecular weight is 274 g/mol. The third-order valence-corrected chi connectivity index (χ3v) is 3.26. The van der Waals surface area contributed by atoms with Gasteiger partial charge in [-0.1, -0.05) is 5.16 Å². The minimum atomic E-state index is 0. The predicted molar refractivity (Wildman–Crippen MR) is 67.1 cm³/mol. The summed E-state index contributed by atoms with van der Waals surface area (Å²) in [5, 5.41) is 7.87. The maximum atomic E-state index is 5.29. The first-order chi connectivity index (χ1) is 8.35. The van der Waals surface area contributed by atoms with Crippen molar-refractivity contribution >= 4 is 18.1 Å². The first-order valence-electron chi connectivity index (χ1n) is 5.76. The van der Waals surface area contributed by atoms with E-state index in [1.165, 1.54) is 13.0 Å². The zero-order chi connectivity index (χ0) is 11.7. The number of hydrogen-bond acceptors (Lipinski definition) is 6. The summed E-state index contributed by atoms with van der Waals surface area (Å²) >= 11 is 0. The second kappa shape index (κ2) is 5.58. The molecule has 3 rings (SSSR count). The van der Waals surface area contributed by atoms with Crippen molar-refractivity contribution in [2.45, 2.75) is 13.0 Å². The van der Waals surface area contributed by atoms with Crippen LogP contribution in [0.5, 0.6) is 5.88 Å². The Morgan fingerprint density at radius 1 is 1.61 bits per heavy atom. The number of methoxy groups -OCH3 is 1. The number of ether oxygens (including phenoxy) is 1. The Hall–Kier alpha value is -1.27. The number of nitrogens with zero attached hydrogens (tertiary/aromatic N) is 3. The molecule has 0 aliphatic carbocycles. The van der Waals surface area contributed by atoms with Gasteiger partial charge in [-0.3, -0.25) is 4.90 Å². The molecule has 2 atom stereocenters. The zero-order valence-electron chi connectivity index (χ0n) is 10.2. The SMILES string of the molecule is COc1cc(CON=C2CN3CCC2C3)on1.Cl. The average Bonchev–Trinajstić information content (AvgIpc) is 3.04. The topological polar surface area (TPSA) is 60.1 Å². The number of fused-ring (bicyclic) bond motifs is 2. The Morgan fingerprint density at radius 3 is 3.11 bits per heavy atom. The van der Waals surface area contributed by atoms with Gasteiger partial charge in [-0.2, -0.15) is 0 Å². The van der Waals surface area contributed by atoms with E-state index in [0.29, 0.717) is 24.2 Å². The molecule has 2 unspecified atom stereocenters. The highest BCUT2D eigenvalue weighted by Crippen LogP contribution is 2.25. The van der Waals surface area contributed by atoms with Gasteiger partial charge < -0.3 is 14.1 Å². The molecular formula is C11H16ClN3O3. The Kier molecular flexibility index (Phi) is 4.08. The molecule has 1 aromatic heterocycles. The molecule has 100 valence electrons. The van der Waals surface area contributed by atoms with Crippen molar-refractivity contribution in [1.29, 1.82) is 0 Å². The standard InChI is InChI=1S/C11H15N3O3.ClH/c1-15-11-4-9(17-13-11)7-16-12-10-6-14-3-2-8(10)5-14;/h4,8H,2-3,5-7H2,1H3;1H. The Morgan fingerprint density at radius 2 is 2.50 bits per heavy atom. The molecule has 2 aliphatic heterocycles. The molecule has 3 heterocycles. The maximum Gasteiger partial charge on any atom is 0.254 e. The third-order valence-electron chi connectivity index (χ3n) is 3.26. The molecule has 6 nitrogen and oxygen atoms in total. The fraction of sp³-hybridized carbons (Fsp3) is 0.636. The van der Waals surface area contributed by atoms with Crippen molar-refractivity contribution in [3.05, 3.63) is 11.8 Å². The van der Waals surface area contributed by atoms with E-state index in [1.807, 2.05) is 0 Å². The lowest BCUT2D eigenvalue weighted by atomic mass is 10.0. The van der Waals surface area contributed by atoms with Crippen molar-refractivity contribution in [2.24, 2.45) is 11.1 Å². The van der Waals surface area contributed by atoms with Crippen LogP contribution in [0.1, 0.15) is 12.2 Å². The minimum Gasteiger partial charge on any atom is -0.479 e. The van der Waals surface area contributed by atoms with E-state index in [1.54, 1.807) is 13.2 Å². The molecule has 2 bridgehead atoms. The van der Waals surface area contributed by atoms with Gasteiger partial charge in [0.05, 0.1) is 12.8 Å². The van der Waals surface area contributed by atoms with Crippen LogP contribution in [-0.4, -0.2) is 42.5 Å². The van der Waals surface area contributed by atoms with E-state index in [0.717, 1.165) is 18.8 Å². The van der Waals surface area contributed by atoms with Gasteiger partial charge in [-0.05, 0) is 18.1 Å². The summed E-state index contributed by atoms with van der Waals surface area (Å²) in [6, 6.07) is 1.70. The summed E-state index contributed by atoms with van der Waals surface area (Å²) in [6.45, 7) is 3.58. The number of aromatic nitrogens is 1. The first-order valence-corrected chi connectivity index (χ1v) is 5.76. The van der Waals surface area contributed by atoms with Crippen LogP contribution in [0.25, 0.3) is 0 Å². The number of oxime groups is 1. The smallest absolute Gasteiger partial charge is 0.254 e. The van der Waals surface area contributed by atoms with Gasteiger partial charge in [-0.25, -0.2) is 0 Å². The van der Waals surface area contributed by atoms with Crippen LogP contribution in [-0.2, 0) is 11.4 Å². The second-order valence-electron chi connectivity index (χ2n) is 4.41. The zero-order valence-corrected chi connectivity index (χ0v) is 11.0. The number of hydrogen-bond donors (Lipinski definition) is 0. The van der Waals surface area contributed by atoms with Crippen LogP contribution in [0.15, 0.2) is 15.7 Å². The fourth-order valence-corrected chi connectivity index (χ4v) is 2.35. The van der Waals surface area contributed by atoms with Crippen LogP contribution in [0.2, 0.25) is 0 Å². The lowest BCUT2D eigenvalue weighted by Gasteiger charge is -2.12. The molecular weight excluding hydrogens is 258 g/mol. The number of rotatable bonds is 4. The van der Waals surface area contributed by atoms with Gasteiger partial charge in [0.1, 0.15) is 0 Å². The van der Waals surface area contributed by atoms with Gasteiger partial charge >= 0.3 is 0 Å². The molecule has 0 N–H and O–H groups in total. The van der Waals surface area contributed by atoms with Crippen LogP contribution >= 0.6 is 12.4 Å². The van der Waals surface area contributed by atoms with E-state index < -0.39 is 0 Å². The van der Waals surface area contributed by atoms with E-state index in [-0.39, 0.29) is 12.4 Å². The summed E-state index contributed by atoms with van der Waals surface area (Å²) in [4.78, 5) is 7.68. The van der Waals surface area contributed by atoms with Crippen LogP contribution < -0.4 is 4.74 Å². The molecule has 1 aromatic rings. The van der Waals surface area contributed by atoms with Crippen molar-refractivity contribution in [3.8, 4) is 5.88 Å². The summed E-state index contributed by atoms with van der Waals surface area (Å²) in [6.07, 6.45) is 1.21. The number of halogens is 1. The van der Waals surface area contributed by atoms with E-state index in [4.69, 9.17) is 14.1 Å². The highest BCUT2D eigenvalue weighted by molar-refractivity contribution is 5.91. The molecule has 0 amide bonds. The van der Waals surface area contributed by atoms with Crippen LogP contribution in [0.3, 0.4) is 0 Å². The highest BCUT2D eigenvalue weighted by Gasteiger charge is 2.35. The lowest BCUT2D eigenvalue weighted by Crippen LogP contribution is -2.23. The van der Waals surface area contributed by atoms with Crippen molar-refractivity contribution in [3.63, 3.8) is 0 Å². The quantitative estimate of drug-likeness (QED) is 0.774. The van der Waals surface area contributed by atoms with Crippen molar-refractivity contribution in [2.75, 3.05) is 26.7 Å². The van der Waals surface area contributed by atoms with Gasteiger partial charge in [0.2, 0.25) is 0 Å². The molecule has 2 aliphatic rings. The maximum absolute atomic E-state index is 5.29. The third kappa shape index (κ3) is 2.59. The van der Waals surface area contributed by atoms with E-state index in [9.17, 15) is 0 Å². The summed E-state index contributed by atoms with van der Waals surface area (Å²) in [5.74, 6) is 1.68. The van der Waals surface area contributed by atoms with E-state index >= 15 is 0 Å². The van der Waals surface area contributed by atoms with Gasteiger partial charge in [0.25, 0.3) is 5.88 Å². The Labute approximate surface area is 111 Å². The van der Waals surface area contributed by atoms with Crippen LogP contribution in [0.4, 0.5) is 0 Å². The lowest BCUT2D eigenvalue weighted by molar-refractivity contribution is 0.107. The normalized spacial score (nSPS) is 27.3. The largest absolute Gasteiger partial charge is 0.479 e. The second-order valence-corrected chi connectivity index (χ2v) is 4.41. The van der Waals surface area contributed by atoms with E-state index in [2.05, 4.69) is 15.2 Å². The predicted octanol–water partition coefficient (Wildman–Crippen LogP) is 1.31. The molecule has 2 saturated heterocycles. The molecule has 0 radical (unpaired) electrons. The van der Waals surface area contributed by atoms with Gasteiger partial charge in [0, 0.05) is 25.1 Å². The first kappa shape index (κ1) is 13.2. The summed E-state index contributed by atoms with van der Waals surface area (Å²) < 4.78 is 9.91. The van der Waals surface area contributed by atoms with Crippen molar-refractivity contribution in [1.82, 2.24) is 10.1 Å². The van der Waals surface area contributed by atoms with Gasteiger partial charge in [-0.15, -0.1) is 12.4 Å². The molecule has 2 fully saturated rings. The molecule has 0 aromatic carbocycles.